The van der Waals surface area contributed by atoms with Crippen LogP contribution in [-0.4, -0.2) is 6.04 Å². The Hall–Kier alpha value is -1.90. The third kappa shape index (κ3) is 3.17. The van der Waals surface area contributed by atoms with Crippen molar-refractivity contribution in [1.82, 2.24) is 0 Å². The van der Waals surface area contributed by atoms with Crippen molar-refractivity contribution in [3.8, 4) is 0 Å². The standard InChI is InChI=1S/C17H14F3IN2O/c1-9-7-10(2)24-23(9)15-6-4-12(18)16(20)17(15)22-14-5-3-11(21)8-13(14)19/h3-9,22H,1-2H3. The molecule has 24 heavy (non-hydrogen) atoms. The van der Waals surface area contributed by atoms with E-state index in [1.807, 2.05) is 35.6 Å². The topological polar surface area (TPSA) is 24.5 Å². The van der Waals surface area contributed by atoms with E-state index in [-0.39, 0.29) is 23.1 Å². The number of hydroxylamine groups is 1. The van der Waals surface area contributed by atoms with E-state index in [2.05, 4.69) is 5.32 Å². The van der Waals surface area contributed by atoms with E-state index >= 15 is 0 Å². The maximum Gasteiger partial charge on any atom is 0.184 e. The normalized spacial score (nSPS) is 16.8. The molecule has 0 aliphatic carbocycles. The van der Waals surface area contributed by atoms with Gasteiger partial charge in [0.25, 0.3) is 0 Å². The fourth-order valence-electron chi connectivity index (χ4n) is 2.51. The van der Waals surface area contributed by atoms with Gasteiger partial charge in [0.05, 0.1) is 11.7 Å². The van der Waals surface area contributed by atoms with Crippen LogP contribution in [0, 0.1) is 21.0 Å². The molecule has 0 radical (unpaired) electrons. The number of anilines is 3. The van der Waals surface area contributed by atoms with Gasteiger partial charge in [-0.1, -0.05) is 0 Å². The van der Waals surface area contributed by atoms with E-state index in [1.54, 1.807) is 13.0 Å². The maximum atomic E-state index is 14.4. The summed E-state index contributed by atoms with van der Waals surface area (Å²) in [5.74, 6) is -2.02. The van der Waals surface area contributed by atoms with Crippen molar-refractivity contribution in [1.29, 1.82) is 0 Å². The van der Waals surface area contributed by atoms with Gasteiger partial charge in [0.2, 0.25) is 0 Å². The fourth-order valence-corrected chi connectivity index (χ4v) is 2.97. The number of halogens is 4. The zero-order valence-corrected chi connectivity index (χ0v) is 15.1. The lowest BCUT2D eigenvalue weighted by Crippen LogP contribution is -2.27. The molecule has 0 saturated carbocycles. The Morgan fingerprint density at radius 2 is 1.88 bits per heavy atom. The van der Waals surface area contributed by atoms with Crippen molar-refractivity contribution in [3.05, 3.63) is 63.2 Å². The van der Waals surface area contributed by atoms with Crippen molar-refractivity contribution >= 4 is 39.7 Å². The number of nitrogens with zero attached hydrogens (tertiary/aromatic N) is 1. The quantitative estimate of drug-likeness (QED) is 0.631. The van der Waals surface area contributed by atoms with Crippen molar-refractivity contribution < 1.29 is 18.0 Å². The Morgan fingerprint density at radius 3 is 2.50 bits per heavy atom. The van der Waals surface area contributed by atoms with Crippen LogP contribution in [0.25, 0.3) is 0 Å². The van der Waals surface area contributed by atoms with Gasteiger partial charge in [-0.2, -0.15) is 0 Å². The van der Waals surface area contributed by atoms with Gasteiger partial charge in [-0.05, 0) is 72.8 Å². The van der Waals surface area contributed by atoms with Crippen LogP contribution in [0.4, 0.5) is 30.2 Å². The minimum atomic E-state index is -1.09. The van der Waals surface area contributed by atoms with E-state index in [0.717, 1.165) is 6.07 Å². The molecule has 3 rings (SSSR count). The second-order valence-electron chi connectivity index (χ2n) is 5.44. The lowest BCUT2D eigenvalue weighted by Gasteiger charge is -2.25. The van der Waals surface area contributed by atoms with Gasteiger partial charge >= 0.3 is 0 Å². The molecular weight excluding hydrogens is 432 g/mol. The molecule has 0 bridgehead atoms. The highest BCUT2D eigenvalue weighted by atomic mass is 127. The first-order chi connectivity index (χ1) is 11.4. The number of rotatable bonds is 3. The molecule has 1 unspecified atom stereocenters. The van der Waals surface area contributed by atoms with Gasteiger partial charge in [0, 0.05) is 3.57 Å². The number of hydrogen-bond acceptors (Lipinski definition) is 3. The third-order valence-electron chi connectivity index (χ3n) is 3.59. The first-order valence-corrected chi connectivity index (χ1v) is 8.30. The van der Waals surface area contributed by atoms with Crippen molar-refractivity contribution in [3.63, 3.8) is 0 Å². The minimum Gasteiger partial charge on any atom is -0.384 e. The summed E-state index contributed by atoms with van der Waals surface area (Å²) in [6.45, 7) is 3.62. The van der Waals surface area contributed by atoms with Crippen LogP contribution in [0.15, 0.2) is 42.2 Å². The monoisotopic (exact) mass is 446 g/mol. The minimum absolute atomic E-state index is 0.0534. The molecule has 0 amide bonds. The van der Waals surface area contributed by atoms with Crippen LogP contribution in [0.1, 0.15) is 13.8 Å². The molecule has 1 heterocycles. The first kappa shape index (κ1) is 16.9. The number of allylic oxidation sites excluding steroid dienone is 1. The van der Waals surface area contributed by atoms with Crippen molar-refractivity contribution in [2.24, 2.45) is 0 Å². The summed E-state index contributed by atoms with van der Waals surface area (Å²) in [4.78, 5) is 5.55. The predicted molar refractivity (Wildman–Crippen MR) is 95.5 cm³/mol. The molecule has 1 N–H and O–H groups in total. The molecule has 126 valence electrons. The van der Waals surface area contributed by atoms with Crippen molar-refractivity contribution in [2.75, 3.05) is 10.4 Å². The molecule has 0 spiro atoms. The highest BCUT2D eigenvalue weighted by Gasteiger charge is 2.27. The van der Waals surface area contributed by atoms with Crippen molar-refractivity contribution in [2.45, 2.75) is 19.9 Å². The molecule has 1 aliphatic rings. The highest BCUT2D eigenvalue weighted by Crippen LogP contribution is 2.37. The van der Waals surface area contributed by atoms with E-state index in [9.17, 15) is 13.2 Å². The van der Waals surface area contributed by atoms with Crippen LogP contribution >= 0.6 is 22.6 Å². The predicted octanol–water partition coefficient (Wildman–Crippen LogP) is 5.50. The SMILES string of the molecule is CC1=CC(C)N(c2ccc(F)c(F)c2Nc2ccc(I)cc2F)O1. The zero-order chi connectivity index (χ0) is 17.4. The first-order valence-electron chi connectivity index (χ1n) is 7.22. The molecular formula is C17H14F3IN2O. The molecule has 2 aromatic rings. The molecule has 0 fully saturated rings. The number of nitrogens with one attached hydrogen (secondary N) is 1. The average Bonchev–Trinajstić information content (AvgIpc) is 2.85. The molecule has 3 nitrogen and oxygen atoms in total. The van der Waals surface area contributed by atoms with Crippen LogP contribution in [0.3, 0.4) is 0 Å². The summed E-state index contributed by atoms with van der Waals surface area (Å²) in [5, 5.41) is 4.10. The Balaban J connectivity index is 2.04. The van der Waals surface area contributed by atoms with Gasteiger partial charge in [-0.25, -0.2) is 18.2 Å². The van der Waals surface area contributed by atoms with Crippen LogP contribution in [0.2, 0.25) is 0 Å². The highest BCUT2D eigenvalue weighted by molar-refractivity contribution is 14.1. The summed E-state index contributed by atoms with van der Waals surface area (Å²) in [5.41, 5.74) is 0.162. The van der Waals surface area contributed by atoms with E-state index in [4.69, 9.17) is 4.84 Å². The Labute approximate surface area is 151 Å². The summed E-state index contributed by atoms with van der Waals surface area (Å²) < 4.78 is 42.9. The van der Waals surface area contributed by atoms with Gasteiger partial charge < -0.3 is 10.2 Å². The molecule has 1 atom stereocenters. The Kier molecular flexibility index (Phi) is 4.62. The Bertz CT molecular complexity index is 826. The smallest absolute Gasteiger partial charge is 0.184 e. The van der Waals surface area contributed by atoms with Crippen LogP contribution in [-0.2, 0) is 4.84 Å². The third-order valence-corrected chi connectivity index (χ3v) is 4.26. The number of hydrogen-bond donors (Lipinski definition) is 1. The second kappa shape index (κ2) is 6.54. The van der Waals surface area contributed by atoms with E-state index in [0.29, 0.717) is 9.33 Å². The summed E-state index contributed by atoms with van der Waals surface area (Å²) in [6.07, 6.45) is 1.84. The van der Waals surface area contributed by atoms with E-state index < -0.39 is 17.5 Å². The van der Waals surface area contributed by atoms with Gasteiger partial charge in [0.15, 0.2) is 11.6 Å². The van der Waals surface area contributed by atoms with Gasteiger partial charge in [-0.3, -0.25) is 0 Å². The lowest BCUT2D eigenvalue weighted by atomic mass is 10.2. The molecule has 7 heteroatoms. The number of benzene rings is 2. The average molecular weight is 446 g/mol. The maximum absolute atomic E-state index is 14.4. The molecule has 0 saturated heterocycles. The van der Waals surface area contributed by atoms with E-state index in [1.165, 1.54) is 23.3 Å². The van der Waals surface area contributed by atoms with Gasteiger partial charge in [0.1, 0.15) is 23.0 Å². The molecule has 1 aliphatic heterocycles. The van der Waals surface area contributed by atoms with Gasteiger partial charge in [-0.15, -0.1) is 0 Å². The largest absolute Gasteiger partial charge is 0.384 e. The summed E-state index contributed by atoms with van der Waals surface area (Å²) in [7, 11) is 0. The Morgan fingerprint density at radius 1 is 1.12 bits per heavy atom. The fraction of sp³-hybridized carbons (Fsp3) is 0.176. The second-order valence-corrected chi connectivity index (χ2v) is 6.69. The zero-order valence-electron chi connectivity index (χ0n) is 12.9. The molecule has 2 aromatic carbocycles. The van der Waals surface area contributed by atoms with Crippen LogP contribution in [0.5, 0.6) is 0 Å². The van der Waals surface area contributed by atoms with Crippen LogP contribution < -0.4 is 10.4 Å². The molecule has 0 aromatic heterocycles. The summed E-state index contributed by atoms with van der Waals surface area (Å²) >= 11 is 1.97. The summed E-state index contributed by atoms with van der Waals surface area (Å²) in [6, 6.07) is 6.70. The lowest BCUT2D eigenvalue weighted by molar-refractivity contribution is 0.199.